The molecule has 0 aromatic heterocycles. The first-order chi connectivity index (χ1) is 42.6. The van der Waals surface area contributed by atoms with Crippen molar-refractivity contribution in [1.82, 2.24) is 0 Å². The minimum atomic E-state index is -1.52. The van der Waals surface area contributed by atoms with E-state index in [4.69, 9.17) is 18.9 Å². The number of carbonyl (C=O) groups excluding carboxylic acids is 2. The van der Waals surface area contributed by atoms with Crippen LogP contribution in [-0.2, 0) is 33.3 Å². The zero-order valence-corrected chi connectivity index (χ0v) is 57.7. The van der Waals surface area contributed by atoms with Crippen LogP contribution in [-0.4, -0.2) is 87.4 Å². The molecule has 1 N–H and O–H groups in total. The third-order valence-electron chi connectivity index (χ3n) is 16.1. The predicted molar refractivity (Wildman–Crippen MR) is 373 cm³/mol. The Hall–Kier alpha value is -3.53. The van der Waals surface area contributed by atoms with Crippen molar-refractivity contribution in [2.24, 2.45) is 0 Å². The maximum Gasteiger partial charge on any atom is 0.361 e. The third-order valence-corrected chi connectivity index (χ3v) is 16.1. The van der Waals surface area contributed by atoms with Crippen LogP contribution in [0, 0.1) is 0 Å². The summed E-state index contributed by atoms with van der Waals surface area (Å²) < 4.78 is 23.0. The molecule has 0 aliphatic heterocycles. The minimum Gasteiger partial charge on any atom is -0.477 e. The number of hydrogen-bond acceptors (Lipinski definition) is 7. The molecule has 0 aromatic carbocycles. The molecule has 0 aliphatic rings. The molecule has 0 rings (SSSR count). The molecule has 87 heavy (non-hydrogen) atoms. The Bertz CT molecular complexity index is 1700. The van der Waals surface area contributed by atoms with Crippen LogP contribution in [0.1, 0.15) is 335 Å². The number of nitrogens with zero attached hydrogens (tertiary/aromatic N) is 1. The highest BCUT2D eigenvalue weighted by molar-refractivity contribution is 5.71. The molecular weight excluding hydrogens is 1080 g/mol. The average Bonchev–Trinajstić information content (AvgIpc) is 3.59. The van der Waals surface area contributed by atoms with Gasteiger partial charge in [0.05, 0.1) is 34.4 Å². The molecular formula is C78H140NO8+. The van der Waals surface area contributed by atoms with Crippen LogP contribution in [0.15, 0.2) is 85.1 Å². The van der Waals surface area contributed by atoms with E-state index in [-0.39, 0.29) is 32.2 Å². The molecule has 0 fully saturated rings. The van der Waals surface area contributed by atoms with Gasteiger partial charge >= 0.3 is 17.9 Å². The molecule has 0 amide bonds. The Morgan fingerprint density at radius 3 is 0.989 bits per heavy atom. The van der Waals surface area contributed by atoms with Crippen molar-refractivity contribution in [1.29, 1.82) is 0 Å². The lowest BCUT2D eigenvalue weighted by Gasteiger charge is -2.25. The van der Waals surface area contributed by atoms with Crippen molar-refractivity contribution in [2.45, 2.75) is 347 Å². The Balaban J connectivity index is 4.04. The highest BCUT2D eigenvalue weighted by Gasteiger charge is 2.25. The van der Waals surface area contributed by atoms with Crippen molar-refractivity contribution in [3.8, 4) is 0 Å². The summed E-state index contributed by atoms with van der Waals surface area (Å²) in [5.74, 6) is -2.01. The van der Waals surface area contributed by atoms with Crippen LogP contribution in [0.4, 0.5) is 0 Å². The first kappa shape index (κ1) is 83.5. The fraction of sp³-hybridized carbons (Fsp3) is 0.782. The van der Waals surface area contributed by atoms with Crippen molar-refractivity contribution in [2.75, 3.05) is 47.5 Å². The summed E-state index contributed by atoms with van der Waals surface area (Å²) in [7, 11) is 5.97. The Morgan fingerprint density at radius 1 is 0.356 bits per heavy atom. The van der Waals surface area contributed by atoms with Gasteiger partial charge in [0.2, 0.25) is 0 Å². The van der Waals surface area contributed by atoms with E-state index in [1.165, 1.54) is 205 Å². The molecule has 0 saturated carbocycles. The molecule has 0 bridgehead atoms. The Labute approximate surface area is 538 Å². The average molecular weight is 1220 g/mol. The van der Waals surface area contributed by atoms with Crippen LogP contribution in [0.2, 0.25) is 0 Å². The molecule has 0 heterocycles. The summed E-state index contributed by atoms with van der Waals surface area (Å²) in [6.45, 7) is 4.78. The summed E-state index contributed by atoms with van der Waals surface area (Å²) in [6, 6.07) is 0. The number of hydrogen-bond donors (Lipinski definition) is 1. The number of carboxylic acids is 1. The van der Waals surface area contributed by atoms with E-state index in [9.17, 15) is 19.5 Å². The number of carboxylic acid groups (broad SMARTS) is 1. The van der Waals surface area contributed by atoms with E-state index in [0.29, 0.717) is 23.9 Å². The van der Waals surface area contributed by atoms with Crippen molar-refractivity contribution in [3.63, 3.8) is 0 Å². The number of aliphatic carboxylic acids is 1. The summed E-state index contributed by atoms with van der Waals surface area (Å²) >= 11 is 0. The van der Waals surface area contributed by atoms with Crippen LogP contribution < -0.4 is 0 Å². The molecule has 0 radical (unpaired) electrons. The van der Waals surface area contributed by atoms with Crippen molar-refractivity contribution in [3.05, 3.63) is 85.1 Å². The lowest BCUT2D eigenvalue weighted by atomic mass is 10.0. The first-order valence-corrected chi connectivity index (χ1v) is 36.8. The van der Waals surface area contributed by atoms with Crippen LogP contribution in [0.25, 0.3) is 0 Å². The summed E-state index contributed by atoms with van der Waals surface area (Å²) in [5.41, 5.74) is 0. The zero-order valence-electron chi connectivity index (χ0n) is 57.7. The number of esters is 2. The molecule has 0 aliphatic carbocycles. The fourth-order valence-electron chi connectivity index (χ4n) is 10.5. The van der Waals surface area contributed by atoms with Gasteiger partial charge in [-0.2, -0.15) is 0 Å². The van der Waals surface area contributed by atoms with Gasteiger partial charge in [0.25, 0.3) is 6.29 Å². The Kier molecular flexibility index (Phi) is 65.6. The Morgan fingerprint density at radius 2 is 0.655 bits per heavy atom. The SMILES string of the molecule is CC/C=C\C/C=C\C/C=C\C/C=C\C/C=C\C/C=C\CCCCCCCCC(=O)OC(COC(=O)CCCCCCCCCCCCCCCCCCCCCCCCCCC/C=C\CCCCCCCCCC)COC(OCC[N+](C)(C)C)C(=O)O. The smallest absolute Gasteiger partial charge is 0.361 e. The van der Waals surface area contributed by atoms with Gasteiger partial charge in [-0.05, 0) is 89.9 Å². The van der Waals surface area contributed by atoms with E-state index in [0.717, 1.165) is 96.3 Å². The normalized spacial score (nSPS) is 13.2. The van der Waals surface area contributed by atoms with Gasteiger partial charge in [0, 0.05) is 12.8 Å². The lowest BCUT2D eigenvalue weighted by Crippen LogP contribution is -2.40. The van der Waals surface area contributed by atoms with E-state index in [2.05, 4.69) is 98.9 Å². The van der Waals surface area contributed by atoms with E-state index in [1.54, 1.807) is 0 Å². The quantitative estimate of drug-likeness (QED) is 0.0211. The van der Waals surface area contributed by atoms with Crippen molar-refractivity contribution < 1.29 is 42.9 Å². The summed E-state index contributed by atoms with van der Waals surface area (Å²) in [6.07, 6.45) is 90.1. The third kappa shape index (κ3) is 69.8. The second-order valence-electron chi connectivity index (χ2n) is 25.9. The second kappa shape index (κ2) is 68.4. The first-order valence-electron chi connectivity index (χ1n) is 36.8. The lowest BCUT2D eigenvalue weighted by molar-refractivity contribution is -0.870. The molecule has 504 valence electrons. The monoisotopic (exact) mass is 1220 g/mol. The van der Waals surface area contributed by atoms with Gasteiger partial charge in [-0.1, -0.05) is 317 Å². The molecule has 0 spiro atoms. The number of quaternary nitrogens is 1. The van der Waals surface area contributed by atoms with Gasteiger partial charge in [-0.25, -0.2) is 4.79 Å². The number of likely N-dealkylation sites (N-methyl/N-ethyl adjacent to an activating group) is 1. The molecule has 2 unspecified atom stereocenters. The molecule has 0 aromatic rings. The largest absolute Gasteiger partial charge is 0.477 e. The number of rotatable bonds is 68. The number of carbonyl (C=O) groups is 3. The second-order valence-corrected chi connectivity index (χ2v) is 25.9. The maximum atomic E-state index is 12.9. The van der Waals surface area contributed by atoms with Crippen LogP contribution in [0.3, 0.4) is 0 Å². The highest BCUT2D eigenvalue weighted by Crippen LogP contribution is 2.18. The molecule has 9 nitrogen and oxygen atoms in total. The topological polar surface area (TPSA) is 108 Å². The van der Waals surface area contributed by atoms with E-state index in [1.807, 2.05) is 21.1 Å². The van der Waals surface area contributed by atoms with Gasteiger partial charge in [0.15, 0.2) is 6.10 Å². The van der Waals surface area contributed by atoms with E-state index >= 15 is 0 Å². The summed E-state index contributed by atoms with van der Waals surface area (Å²) in [5, 5.41) is 9.75. The highest BCUT2D eigenvalue weighted by atomic mass is 16.7. The van der Waals surface area contributed by atoms with Crippen LogP contribution in [0.5, 0.6) is 0 Å². The standard InChI is InChI=1S/C78H139NO8/c1-6-8-10-12-14-16-18-20-22-24-26-28-30-32-33-34-35-36-37-38-39-40-41-42-43-45-46-48-50-52-54-56-58-60-62-64-66-68-75(80)85-72-74(73-86-78(77(82)83)84-71-70-79(3,4)5)87-76(81)69-67-65-63-61-59-57-55-53-51-49-47-44-31-29-27-25-23-21-19-17-15-13-11-9-7-2/h9,11,15,17,21,23-24,26-27,29,44,47,51,53,74,78H,6-8,10,12-14,16,18-20,22,25,28,30-43,45-46,48-50,52,54-73H2,1-5H3/p+1/b11-9-,17-15-,23-21-,26-24-,29-27-,47-44-,53-51-. The molecule has 9 heteroatoms. The fourth-order valence-corrected chi connectivity index (χ4v) is 10.5. The maximum absolute atomic E-state index is 12.9. The number of allylic oxidation sites excluding steroid dienone is 14. The van der Waals surface area contributed by atoms with E-state index < -0.39 is 24.3 Å². The van der Waals surface area contributed by atoms with Gasteiger partial charge in [-0.3, -0.25) is 9.59 Å². The van der Waals surface area contributed by atoms with Gasteiger partial charge in [0.1, 0.15) is 13.2 Å². The minimum absolute atomic E-state index is 0.182. The zero-order chi connectivity index (χ0) is 63.3. The predicted octanol–water partition coefficient (Wildman–Crippen LogP) is 23.0. The van der Waals surface area contributed by atoms with Gasteiger partial charge in [-0.15, -0.1) is 0 Å². The number of ether oxygens (including phenoxy) is 4. The summed E-state index contributed by atoms with van der Waals surface area (Å²) in [4.78, 5) is 37.6. The van der Waals surface area contributed by atoms with Crippen molar-refractivity contribution >= 4 is 17.9 Å². The molecule has 2 atom stereocenters. The molecule has 0 saturated heterocycles. The number of unbranched alkanes of at least 4 members (excludes halogenated alkanes) is 39. The van der Waals surface area contributed by atoms with Crippen LogP contribution >= 0.6 is 0 Å². The van der Waals surface area contributed by atoms with Gasteiger partial charge < -0.3 is 28.5 Å².